The highest BCUT2D eigenvalue weighted by Gasteiger charge is 2.35. The summed E-state index contributed by atoms with van der Waals surface area (Å²) < 4.78 is 44.6. The Balaban J connectivity index is 2.03. The minimum Gasteiger partial charge on any atom is -0.355 e. The molecule has 0 aliphatic rings. The van der Waals surface area contributed by atoms with E-state index in [0.29, 0.717) is 5.69 Å². The van der Waals surface area contributed by atoms with Crippen LogP contribution in [-0.2, 0) is 29.6 Å². The van der Waals surface area contributed by atoms with E-state index in [1.807, 2.05) is 30.3 Å². The van der Waals surface area contributed by atoms with Gasteiger partial charge in [0.25, 0.3) is 0 Å². The van der Waals surface area contributed by atoms with E-state index in [0.717, 1.165) is 16.3 Å². The summed E-state index contributed by atoms with van der Waals surface area (Å²) in [6.45, 7) is -0.00161. The number of rotatable bonds is 5. The molecule has 0 atom stereocenters. The second kappa shape index (κ2) is 6.41. The van der Waals surface area contributed by atoms with Gasteiger partial charge in [0.05, 0.1) is 12.3 Å². The molecule has 1 aromatic carbocycles. The van der Waals surface area contributed by atoms with E-state index < -0.39 is 11.9 Å². The van der Waals surface area contributed by atoms with Crippen molar-refractivity contribution in [3.8, 4) is 0 Å². The Morgan fingerprint density at radius 2 is 1.90 bits per heavy atom. The summed E-state index contributed by atoms with van der Waals surface area (Å²) in [5.41, 5.74) is 0.412. The lowest BCUT2D eigenvalue weighted by Gasteiger charge is -2.10. The molecular formula is C13H12BrF3N2O. The van der Waals surface area contributed by atoms with Crippen LogP contribution in [0.5, 0.6) is 0 Å². The summed E-state index contributed by atoms with van der Waals surface area (Å²) in [5, 5.41) is 4.12. The number of benzene rings is 1. The first-order valence-corrected chi connectivity index (χ1v) is 6.94. The van der Waals surface area contributed by atoms with Crippen molar-refractivity contribution in [1.82, 2.24) is 9.78 Å². The van der Waals surface area contributed by atoms with Crippen LogP contribution in [0.2, 0.25) is 0 Å². The summed E-state index contributed by atoms with van der Waals surface area (Å²) in [4.78, 5) is 0. The fourth-order valence-corrected chi connectivity index (χ4v) is 1.96. The zero-order chi connectivity index (χ0) is 14.6. The molecule has 0 aliphatic heterocycles. The van der Waals surface area contributed by atoms with E-state index in [-0.39, 0.29) is 18.7 Å². The molecule has 0 fully saturated rings. The fourth-order valence-electron chi connectivity index (χ4n) is 1.69. The molecule has 0 radical (unpaired) electrons. The quantitative estimate of drug-likeness (QED) is 0.764. The van der Waals surface area contributed by atoms with E-state index in [1.54, 1.807) is 0 Å². The first kappa shape index (κ1) is 15.1. The van der Waals surface area contributed by atoms with Crippen molar-refractivity contribution in [2.24, 2.45) is 0 Å². The van der Waals surface area contributed by atoms with Crippen molar-refractivity contribution in [2.75, 3.05) is 0 Å². The number of nitrogens with zero attached hydrogens (tertiary/aromatic N) is 2. The number of aromatic nitrogens is 2. The molecule has 20 heavy (non-hydrogen) atoms. The van der Waals surface area contributed by atoms with Crippen LogP contribution in [0.4, 0.5) is 13.2 Å². The molecular weight excluding hydrogens is 337 g/mol. The summed E-state index contributed by atoms with van der Waals surface area (Å²) in [5.74, 6) is 0. The maximum Gasteiger partial charge on any atom is 0.433 e. The van der Waals surface area contributed by atoms with Crippen LogP contribution in [-0.4, -0.2) is 9.78 Å². The minimum atomic E-state index is -4.44. The van der Waals surface area contributed by atoms with Crippen LogP contribution in [0.15, 0.2) is 36.4 Å². The smallest absolute Gasteiger partial charge is 0.355 e. The van der Waals surface area contributed by atoms with Gasteiger partial charge in [0.15, 0.2) is 0 Å². The zero-order valence-electron chi connectivity index (χ0n) is 10.4. The Hall–Kier alpha value is -1.34. The molecule has 0 N–H and O–H groups in total. The average Bonchev–Trinajstić information content (AvgIpc) is 2.83. The summed E-state index contributed by atoms with van der Waals surface area (Å²) in [6, 6.07) is 10.3. The standard InChI is InChI=1S/C13H12BrF3N2O/c14-7-11-6-12(13(15,16)17)19(18-11)9-20-8-10-4-2-1-3-5-10/h1-6H,7-9H2. The molecule has 108 valence electrons. The highest BCUT2D eigenvalue weighted by atomic mass is 79.9. The lowest BCUT2D eigenvalue weighted by molar-refractivity contribution is -0.147. The monoisotopic (exact) mass is 348 g/mol. The largest absolute Gasteiger partial charge is 0.433 e. The van der Waals surface area contributed by atoms with Gasteiger partial charge in [-0.3, -0.25) is 0 Å². The second-order valence-corrected chi connectivity index (χ2v) is 4.68. The molecule has 0 aliphatic carbocycles. The molecule has 7 heteroatoms. The number of halogens is 4. The van der Waals surface area contributed by atoms with E-state index in [9.17, 15) is 13.2 Å². The van der Waals surface area contributed by atoms with E-state index >= 15 is 0 Å². The summed E-state index contributed by atoms with van der Waals surface area (Å²) >= 11 is 3.09. The van der Waals surface area contributed by atoms with Gasteiger partial charge in [-0.1, -0.05) is 46.3 Å². The normalized spacial score (nSPS) is 11.8. The Morgan fingerprint density at radius 3 is 2.50 bits per heavy atom. The third-order valence-electron chi connectivity index (χ3n) is 2.58. The molecule has 2 rings (SSSR count). The molecule has 0 saturated heterocycles. The van der Waals surface area contributed by atoms with Gasteiger partial charge >= 0.3 is 6.18 Å². The van der Waals surface area contributed by atoms with E-state index in [2.05, 4.69) is 21.0 Å². The fraction of sp³-hybridized carbons (Fsp3) is 0.308. The topological polar surface area (TPSA) is 27.1 Å². The van der Waals surface area contributed by atoms with E-state index in [1.165, 1.54) is 0 Å². The first-order valence-electron chi connectivity index (χ1n) is 5.82. The molecule has 0 spiro atoms. The SMILES string of the molecule is FC(F)(F)c1cc(CBr)nn1COCc1ccccc1. The van der Waals surface area contributed by atoms with Gasteiger partial charge in [0.2, 0.25) is 0 Å². The lowest BCUT2D eigenvalue weighted by atomic mass is 10.2. The summed E-state index contributed by atoms with van der Waals surface area (Å²) in [7, 11) is 0. The molecule has 0 unspecified atom stereocenters. The van der Waals surface area contributed by atoms with Gasteiger partial charge in [-0.05, 0) is 11.6 Å². The Labute approximate surface area is 122 Å². The Bertz CT molecular complexity index is 554. The molecule has 1 aromatic heterocycles. The van der Waals surface area contributed by atoms with Crippen molar-refractivity contribution in [3.63, 3.8) is 0 Å². The highest BCUT2D eigenvalue weighted by Crippen LogP contribution is 2.30. The van der Waals surface area contributed by atoms with Crippen LogP contribution in [0.25, 0.3) is 0 Å². The van der Waals surface area contributed by atoms with Crippen LogP contribution in [0.3, 0.4) is 0 Å². The maximum absolute atomic E-state index is 12.8. The molecule has 0 amide bonds. The van der Waals surface area contributed by atoms with Crippen molar-refractivity contribution >= 4 is 15.9 Å². The van der Waals surface area contributed by atoms with Crippen LogP contribution in [0.1, 0.15) is 17.0 Å². The first-order chi connectivity index (χ1) is 9.50. The maximum atomic E-state index is 12.8. The third kappa shape index (κ3) is 3.83. The van der Waals surface area contributed by atoms with Gasteiger partial charge < -0.3 is 4.74 Å². The Kier molecular flexibility index (Phi) is 4.82. The van der Waals surface area contributed by atoms with E-state index in [4.69, 9.17) is 4.74 Å². The molecule has 3 nitrogen and oxygen atoms in total. The van der Waals surface area contributed by atoms with Gasteiger partial charge in [-0.25, -0.2) is 4.68 Å². The van der Waals surface area contributed by atoms with Crippen molar-refractivity contribution < 1.29 is 17.9 Å². The molecule has 0 bridgehead atoms. The van der Waals surface area contributed by atoms with Crippen molar-refractivity contribution in [2.45, 2.75) is 24.8 Å². The predicted octanol–water partition coefficient (Wildman–Crippen LogP) is 3.97. The average molecular weight is 349 g/mol. The van der Waals surface area contributed by atoms with Crippen molar-refractivity contribution in [3.05, 3.63) is 53.3 Å². The summed E-state index contributed by atoms with van der Waals surface area (Å²) in [6.07, 6.45) is -4.44. The number of alkyl halides is 4. The molecule has 0 saturated carbocycles. The molecule has 2 aromatic rings. The zero-order valence-corrected chi connectivity index (χ0v) is 12.0. The second-order valence-electron chi connectivity index (χ2n) is 4.12. The number of hydrogen-bond donors (Lipinski definition) is 0. The third-order valence-corrected chi connectivity index (χ3v) is 3.16. The number of ether oxygens (including phenoxy) is 1. The van der Waals surface area contributed by atoms with Gasteiger partial charge in [-0.2, -0.15) is 18.3 Å². The molecule has 1 heterocycles. The highest BCUT2D eigenvalue weighted by molar-refractivity contribution is 9.08. The minimum absolute atomic E-state index is 0.238. The lowest BCUT2D eigenvalue weighted by Crippen LogP contribution is -2.16. The van der Waals surface area contributed by atoms with Gasteiger partial charge in [-0.15, -0.1) is 0 Å². The predicted molar refractivity (Wildman–Crippen MR) is 71.1 cm³/mol. The number of hydrogen-bond acceptors (Lipinski definition) is 2. The van der Waals surface area contributed by atoms with Crippen LogP contribution < -0.4 is 0 Å². The van der Waals surface area contributed by atoms with Gasteiger partial charge in [0.1, 0.15) is 12.4 Å². The van der Waals surface area contributed by atoms with Crippen molar-refractivity contribution in [1.29, 1.82) is 0 Å². The Morgan fingerprint density at radius 1 is 1.20 bits per heavy atom. The van der Waals surface area contributed by atoms with Gasteiger partial charge in [0, 0.05) is 5.33 Å². The van der Waals surface area contributed by atoms with Crippen LogP contribution >= 0.6 is 15.9 Å². The van der Waals surface area contributed by atoms with Crippen LogP contribution in [0, 0.1) is 0 Å².